The molecule has 3 aliphatic heterocycles. The summed E-state index contributed by atoms with van der Waals surface area (Å²) in [6.45, 7) is 10.1. The smallest absolute Gasteiger partial charge is 0.414 e. The summed E-state index contributed by atoms with van der Waals surface area (Å²) in [6.07, 6.45) is -2.31. The minimum Gasteiger partial charge on any atom is -0.414 e. The van der Waals surface area contributed by atoms with Gasteiger partial charge in [0, 0.05) is 48.1 Å². The predicted octanol–water partition coefficient (Wildman–Crippen LogP) is 5.27. The van der Waals surface area contributed by atoms with Crippen LogP contribution in [0.25, 0.3) is 0 Å². The molecular weight excluding hydrogens is 514 g/mol. The zero-order valence-electron chi connectivity index (χ0n) is 24.4. The molecule has 0 bridgehead atoms. The Hall–Kier alpha value is 0.0969. The minimum atomic E-state index is -2.62. The number of hydrogen-bond acceptors (Lipinski definition) is 10. The molecule has 0 saturated carbocycles. The predicted molar refractivity (Wildman–Crippen MR) is 132 cm³/mol. The fraction of sp³-hybridized carbons (Fsp3) is 1.00. The van der Waals surface area contributed by atoms with Gasteiger partial charge in [-0.1, -0.05) is 27.7 Å². The molecule has 3 aliphatic rings. The highest BCUT2D eigenvalue weighted by atomic mass is 31.1. The Labute approximate surface area is 216 Å². The molecule has 13 heteroatoms. The lowest BCUT2D eigenvalue weighted by molar-refractivity contribution is -0.00467. The minimum absolute atomic E-state index is 0.00501. The van der Waals surface area contributed by atoms with Crippen molar-refractivity contribution in [2.45, 2.75) is 108 Å². The molecule has 202 valence electrons. The normalized spacial score (nSPS) is 40.4. The maximum Gasteiger partial charge on any atom is 0.698 e. The van der Waals surface area contributed by atoms with E-state index < -0.39 is 75.1 Å². The lowest BCUT2D eigenvalue weighted by Crippen LogP contribution is -2.44. The monoisotopic (exact) mass is 562 g/mol. The highest BCUT2D eigenvalue weighted by Gasteiger charge is 2.46. The molecule has 3 saturated heterocycles. The second-order valence-electron chi connectivity index (χ2n) is 10.4. The Morgan fingerprint density at radius 3 is 1.80 bits per heavy atom. The molecule has 0 N–H and O–H groups in total. The highest BCUT2D eigenvalue weighted by Crippen LogP contribution is 2.40. The van der Waals surface area contributed by atoms with E-state index in [0.717, 1.165) is 0 Å². The van der Waals surface area contributed by atoms with Gasteiger partial charge in [-0.3, -0.25) is 0 Å². The van der Waals surface area contributed by atoms with Crippen LogP contribution in [0.15, 0.2) is 0 Å². The summed E-state index contributed by atoms with van der Waals surface area (Å²) >= 11 is 0. The summed E-state index contributed by atoms with van der Waals surface area (Å²) in [6, 6.07) is 0. The number of hydrogen-bond donors (Lipinski definition) is 0. The van der Waals surface area contributed by atoms with Gasteiger partial charge in [0.05, 0.1) is 16.8 Å². The quantitative estimate of drug-likeness (QED) is 0.218. The molecule has 35 heavy (non-hydrogen) atoms. The SMILES string of the molecule is [3H][C@H]1CC(O[P+](=O)O[C@@H]2C[C@H]([3H])O[C@@H]2CO[P+](=O)O[C@@H]2C[C@H]([3H])O[C@@H]2CC)[C@@H](CO[Si](C)(C)C(C)(C)C)O1. The molecule has 3 rings (SSSR count). The Morgan fingerprint density at radius 1 is 0.829 bits per heavy atom. The van der Waals surface area contributed by atoms with Gasteiger partial charge in [0.1, 0.15) is 37.1 Å². The molecule has 11 atom stereocenters. The maximum atomic E-state index is 12.8. The van der Waals surface area contributed by atoms with E-state index in [-0.39, 0.29) is 37.2 Å². The van der Waals surface area contributed by atoms with E-state index in [1.165, 1.54) is 0 Å². The van der Waals surface area contributed by atoms with Gasteiger partial charge in [-0.25, -0.2) is 0 Å². The van der Waals surface area contributed by atoms with Gasteiger partial charge in [-0.2, -0.15) is 0 Å². The van der Waals surface area contributed by atoms with Crippen molar-refractivity contribution < 1.29 is 50.0 Å². The Bertz CT molecular complexity index is 823. The third-order valence-corrected chi connectivity index (χ3v) is 13.1. The van der Waals surface area contributed by atoms with Gasteiger partial charge in [-0.15, -0.1) is 18.1 Å². The van der Waals surface area contributed by atoms with Gasteiger partial charge in [0.15, 0.2) is 8.32 Å². The zero-order chi connectivity index (χ0) is 28.3. The second kappa shape index (κ2) is 13.2. The third kappa shape index (κ3) is 8.55. The van der Waals surface area contributed by atoms with E-state index in [4.69, 9.17) is 40.8 Å². The van der Waals surface area contributed by atoms with Crippen LogP contribution in [0.4, 0.5) is 0 Å². The fourth-order valence-electron chi connectivity index (χ4n) is 3.55. The molecule has 0 aromatic rings. The van der Waals surface area contributed by atoms with Crippen LogP contribution in [0, 0.1) is 0 Å². The third-order valence-electron chi connectivity index (χ3n) is 6.87. The van der Waals surface area contributed by atoms with Gasteiger partial charge in [-0.05, 0) is 24.6 Å². The van der Waals surface area contributed by atoms with Gasteiger partial charge in [0.2, 0.25) is 0 Å². The lowest BCUT2D eigenvalue weighted by Gasteiger charge is -2.37. The standard InChI is InChI=1S/C22H42O10P2Si/c1-7-16-17(8-11-25-16)30-33(23)28-14-20-18(9-12-26-20)31-34(24)32-19-10-13-27-21(19)15-29-35(5,6)22(2,3)4/h16-21H,7-15H2,1-6H3/q+2/t16-,17-,18-,19?,20-,21-/m1/s1/i11T,12T,13T/t11-,12-,13-,16+,17+,18+,19?,20+,21+/m0. The van der Waals surface area contributed by atoms with Crippen molar-refractivity contribution in [2.24, 2.45) is 0 Å². The van der Waals surface area contributed by atoms with Crippen molar-refractivity contribution in [1.29, 1.82) is 0 Å². The van der Waals surface area contributed by atoms with E-state index in [1.54, 1.807) is 0 Å². The van der Waals surface area contributed by atoms with E-state index >= 15 is 0 Å². The van der Waals surface area contributed by atoms with Crippen molar-refractivity contribution in [3.8, 4) is 0 Å². The van der Waals surface area contributed by atoms with Crippen LogP contribution in [-0.2, 0) is 45.9 Å². The van der Waals surface area contributed by atoms with E-state index in [9.17, 15) is 9.13 Å². The van der Waals surface area contributed by atoms with Gasteiger partial charge in [0.25, 0.3) is 0 Å². The molecule has 0 aromatic carbocycles. The summed E-state index contributed by atoms with van der Waals surface area (Å²) in [5.74, 6) is 0. The van der Waals surface area contributed by atoms with Crippen molar-refractivity contribution in [3.63, 3.8) is 0 Å². The van der Waals surface area contributed by atoms with Crippen LogP contribution in [0.2, 0.25) is 18.1 Å². The average molecular weight is 563 g/mol. The fourth-order valence-corrected chi connectivity index (χ4v) is 6.28. The van der Waals surface area contributed by atoms with Gasteiger partial charge >= 0.3 is 16.5 Å². The highest BCUT2D eigenvalue weighted by molar-refractivity contribution is 7.33. The van der Waals surface area contributed by atoms with Crippen LogP contribution < -0.4 is 0 Å². The molecule has 0 spiro atoms. The van der Waals surface area contributed by atoms with E-state index in [2.05, 4.69) is 33.9 Å². The molecule has 3 heterocycles. The number of ether oxygens (including phenoxy) is 3. The molecule has 0 aliphatic carbocycles. The zero-order valence-corrected chi connectivity index (χ0v) is 24.2. The Balaban J connectivity index is 1.48. The molecule has 3 unspecified atom stereocenters. The first-order valence-corrected chi connectivity index (χ1v) is 17.2. The first-order chi connectivity index (χ1) is 17.7. The molecule has 0 radical (unpaired) electrons. The van der Waals surface area contributed by atoms with Crippen LogP contribution >= 0.6 is 16.5 Å². The topological polar surface area (TPSA) is 108 Å². The lowest BCUT2D eigenvalue weighted by atomic mass is 10.1. The molecular formula is C22H42O10P2Si+2. The first kappa shape index (κ1) is 25.4. The summed E-state index contributed by atoms with van der Waals surface area (Å²) in [4.78, 5) is 0. The Kier molecular flexibility index (Phi) is 9.61. The van der Waals surface area contributed by atoms with E-state index in [0.29, 0.717) is 12.8 Å². The van der Waals surface area contributed by atoms with Crippen LogP contribution in [-0.4, -0.2) is 77.9 Å². The summed E-state index contributed by atoms with van der Waals surface area (Å²) < 4.78 is 93.5. The number of rotatable bonds is 13. The second-order valence-corrected chi connectivity index (χ2v) is 17.0. The molecule has 10 nitrogen and oxygen atoms in total. The summed E-state index contributed by atoms with van der Waals surface area (Å²) in [7, 11) is -7.20. The van der Waals surface area contributed by atoms with Crippen molar-refractivity contribution >= 4 is 24.8 Å². The molecule has 0 amide bonds. The summed E-state index contributed by atoms with van der Waals surface area (Å²) in [5.41, 5.74) is 0. The average Bonchev–Trinajstić information content (AvgIpc) is 3.45. The summed E-state index contributed by atoms with van der Waals surface area (Å²) in [5, 5.41) is 0.00501. The maximum absolute atomic E-state index is 12.8. The Morgan fingerprint density at radius 2 is 1.29 bits per heavy atom. The van der Waals surface area contributed by atoms with Gasteiger partial charge < -0.3 is 18.6 Å². The van der Waals surface area contributed by atoms with Crippen molar-refractivity contribution in [2.75, 3.05) is 33.0 Å². The molecule has 3 fully saturated rings. The van der Waals surface area contributed by atoms with Crippen LogP contribution in [0.1, 0.15) is 57.5 Å². The van der Waals surface area contributed by atoms with Crippen molar-refractivity contribution in [3.05, 3.63) is 0 Å². The van der Waals surface area contributed by atoms with E-state index in [1.807, 2.05) is 6.92 Å². The molecule has 0 aromatic heterocycles. The van der Waals surface area contributed by atoms with Crippen molar-refractivity contribution in [1.82, 2.24) is 0 Å². The first-order valence-electron chi connectivity index (χ1n) is 13.9. The van der Waals surface area contributed by atoms with Crippen LogP contribution in [0.3, 0.4) is 0 Å². The largest absolute Gasteiger partial charge is 0.698 e. The van der Waals surface area contributed by atoms with Crippen LogP contribution in [0.5, 0.6) is 0 Å².